The Hall–Kier alpha value is -3.27. The van der Waals surface area contributed by atoms with Crippen LogP contribution in [-0.2, 0) is 6.61 Å². The molecule has 0 atom stereocenters. The molecule has 3 aromatic rings. The zero-order valence-electron chi connectivity index (χ0n) is 17.9. The number of hydrogen-bond acceptors (Lipinski definition) is 4. The Morgan fingerprint density at radius 3 is 2.19 bits per heavy atom. The lowest BCUT2D eigenvalue weighted by molar-refractivity contribution is 0.0734. The molecule has 0 unspecified atom stereocenters. The maximum absolute atomic E-state index is 12.5. The lowest BCUT2D eigenvalue weighted by Gasteiger charge is -2.22. The highest BCUT2D eigenvalue weighted by Gasteiger charge is 2.16. The van der Waals surface area contributed by atoms with E-state index in [0.717, 1.165) is 5.56 Å². The smallest absolute Gasteiger partial charge is 0.343 e. The molecule has 1 saturated carbocycles. The van der Waals surface area contributed by atoms with Crippen LogP contribution in [-0.4, -0.2) is 13.1 Å². The molecule has 0 heterocycles. The van der Waals surface area contributed by atoms with Gasteiger partial charge < -0.3 is 14.2 Å². The van der Waals surface area contributed by atoms with E-state index >= 15 is 0 Å². The Bertz CT molecular complexity index is 987. The van der Waals surface area contributed by atoms with E-state index in [4.69, 9.17) is 14.2 Å². The molecule has 0 aromatic heterocycles. The van der Waals surface area contributed by atoms with E-state index in [0.29, 0.717) is 35.3 Å². The molecule has 1 aliphatic rings. The highest BCUT2D eigenvalue weighted by Crippen LogP contribution is 2.33. The second-order valence-corrected chi connectivity index (χ2v) is 7.93. The number of rotatable bonds is 7. The number of hydrogen-bond donors (Lipinski definition) is 0. The molecule has 0 radical (unpaired) electrons. The molecule has 1 fully saturated rings. The Balaban J connectivity index is 1.32. The van der Waals surface area contributed by atoms with Crippen LogP contribution in [0.25, 0.3) is 0 Å². The van der Waals surface area contributed by atoms with Gasteiger partial charge in [-0.3, -0.25) is 0 Å². The number of para-hydroxylation sites is 2. The van der Waals surface area contributed by atoms with Crippen LogP contribution in [0.2, 0.25) is 0 Å². The summed E-state index contributed by atoms with van der Waals surface area (Å²) in [6.45, 7) is 0.387. The van der Waals surface area contributed by atoms with Crippen molar-refractivity contribution in [2.75, 3.05) is 7.11 Å². The normalized spacial score (nSPS) is 14.1. The summed E-state index contributed by atoms with van der Waals surface area (Å²) in [7, 11) is 1.62. The zero-order valence-corrected chi connectivity index (χ0v) is 17.9. The van der Waals surface area contributed by atoms with Gasteiger partial charge in [-0.25, -0.2) is 4.79 Å². The van der Waals surface area contributed by atoms with Crippen LogP contribution in [0.15, 0.2) is 72.8 Å². The average Bonchev–Trinajstić information content (AvgIpc) is 2.84. The maximum Gasteiger partial charge on any atom is 0.343 e. The van der Waals surface area contributed by atoms with Gasteiger partial charge in [-0.2, -0.15) is 0 Å². The van der Waals surface area contributed by atoms with Gasteiger partial charge in [0.2, 0.25) is 0 Å². The number of ether oxygens (including phenoxy) is 3. The molecule has 31 heavy (non-hydrogen) atoms. The van der Waals surface area contributed by atoms with Gasteiger partial charge >= 0.3 is 5.97 Å². The monoisotopic (exact) mass is 416 g/mol. The predicted octanol–water partition coefficient (Wildman–Crippen LogP) is 6.54. The molecule has 1 aliphatic carbocycles. The minimum atomic E-state index is -0.359. The van der Waals surface area contributed by atoms with Crippen molar-refractivity contribution in [1.29, 1.82) is 0 Å². The number of esters is 1. The first-order chi connectivity index (χ1) is 15.2. The summed E-state index contributed by atoms with van der Waals surface area (Å²) in [5.74, 6) is 2.24. The topological polar surface area (TPSA) is 44.8 Å². The van der Waals surface area contributed by atoms with Crippen molar-refractivity contribution in [3.63, 3.8) is 0 Å². The third kappa shape index (κ3) is 5.46. The van der Waals surface area contributed by atoms with E-state index in [-0.39, 0.29) is 5.97 Å². The van der Waals surface area contributed by atoms with Gasteiger partial charge in [-0.1, -0.05) is 55.7 Å². The molecule has 0 N–H and O–H groups in total. The predicted molar refractivity (Wildman–Crippen MR) is 121 cm³/mol. The zero-order chi connectivity index (χ0) is 21.5. The summed E-state index contributed by atoms with van der Waals surface area (Å²) in [6.07, 6.45) is 6.47. The van der Waals surface area contributed by atoms with Gasteiger partial charge in [-0.15, -0.1) is 0 Å². The van der Waals surface area contributed by atoms with Crippen LogP contribution < -0.4 is 14.2 Å². The molecular weight excluding hydrogens is 388 g/mol. The molecule has 4 rings (SSSR count). The SMILES string of the molecule is COc1ccccc1OCc1ccc(C(=O)Oc2ccc(C3CCCCC3)cc2)cc1. The second-order valence-electron chi connectivity index (χ2n) is 7.93. The fraction of sp³-hybridized carbons (Fsp3) is 0.296. The van der Waals surface area contributed by atoms with Crippen LogP contribution in [0.4, 0.5) is 0 Å². The Labute approximate surface area is 183 Å². The first kappa shape index (κ1) is 21.0. The van der Waals surface area contributed by atoms with Gasteiger partial charge in [0.15, 0.2) is 11.5 Å². The quantitative estimate of drug-likeness (QED) is 0.324. The minimum absolute atomic E-state index is 0.359. The van der Waals surface area contributed by atoms with Crippen LogP contribution in [0.3, 0.4) is 0 Å². The standard InChI is InChI=1S/C27H28O4/c1-29-25-9-5-6-10-26(25)30-19-20-11-13-23(14-12-20)27(28)31-24-17-15-22(16-18-24)21-7-3-2-4-8-21/h5-6,9-18,21H,2-4,7-8,19H2,1H3. The minimum Gasteiger partial charge on any atom is -0.493 e. The Morgan fingerprint density at radius 2 is 1.52 bits per heavy atom. The molecule has 3 aromatic carbocycles. The van der Waals surface area contributed by atoms with Gasteiger partial charge in [0, 0.05) is 0 Å². The molecule has 160 valence electrons. The molecule has 0 aliphatic heterocycles. The van der Waals surface area contributed by atoms with E-state index in [1.807, 2.05) is 48.5 Å². The van der Waals surface area contributed by atoms with E-state index in [2.05, 4.69) is 12.1 Å². The highest BCUT2D eigenvalue weighted by atomic mass is 16.5. The lowest BCUT2D eigenvalue weighted by Crippen LogP contribution is -2.09. The molecule has 4 heteroatoms. The Morgan fingerprint density at radius 1 is 0.839 bits per heavy atom. The van der Waals surface area contributed by atoms with Crippen LogP contribution in [0.1, 0.15) is 59.5 Å². The molecule has 0 saturated heterocycles. The van der Waals surface area contributed by atoms with Crippen molar-refractivity contribution in [2.24, 2.45) is 0 Å². The second kappa shape index (κ2) is 10.2. The first-order valence-corrected chi connectivity index (χ1v) is 10.9. The number of carbonyl (C=O) groups excluding carboxylic acids is 1. The summed E-state index contributed by atoms with van der Waals surface area (Å²) in [5, 5.41) is 0. The van der Waals surface area contributed by atoms with E-state index in [9.17, 15) is 4.79 Å². The van der Waals surface area contributed by atoms with Gasteiger partial charge in [0.1, 0.15) is 12.4 Å². The summed E-state index contributed by atoms with van der Waals surface area (Å²) in [5.41, 5.74) is 2.82. The summed E-state index contributed by atoms with van der Waals surface area (Å²) in [4.78, 5) is 12.5. The molecule has 0 amide bonds. The van der Waals surface area contributed by atoms with Crippen molar-refractivity contribution in [2.45, 2.75) is 44.6 Å². The number of benzene rings is 3. The van der Waals surface area contributed by atoms with Crippen molar-refractivity contribution in [3.8, 4) is 17.2 Å². The molecule has 0 bridgehead atoms. The largest absolute Gasteiger partial charge is 0.493 e. The van der Waals surface area contributed by atoms with Crippen molar-refractivity contribution >= 4 is 5.97 Å². The van der Waals surface area contributed by atoms with Gasteiger partial charge in [-0.05, 0) is 66.3 Å². The maximum atomic E-state index is 12.5. The van der Waals surface area contributed by atoms with Crippen LogP contribution in [0.5, 0.6) is 17.2 Å². The number of methoxy groups -OCH3 is 1. The van der Waals surface area contributed by atoms with Crippen LogP contribution in [0, 0.1) is 0 Å². The summed E-state index contributed by atoms with van der Waals surface area (Å²) >= 11 is 0. The highest BCUT2D eigenvalue weighted by molar-refractivity contribution is 5.91. The lowest BCUT2D eigenvalue weighted by atomic mass is 9.84. The van der Waals surface area contributed by atoms with Crippen molar-refractivity contribution in [3.05, 3.63) is 89.5 Å². The first-order valence-electron chi connectivity index (χ1n) is 10.9. The Kier molecular flexibility index (Phi) is 6.88. The van der Waals surface area contributed by atoms with E-state index in [1.165, 1.54) is 37.7 Å². The van der Waals surface area contributed by atoms with Crippen molar-refractivity contribution in [1.82, 2.24) is 0 Å². The fourth-order valence-corrected chi connectivity index (χ4v) is 4.05. The van der Waals surface area contributed by atoms with Gasteiger partial charge in [0.25, 0.3) is 0 Å². The third-order valence-corrected chi connectivity index (χ3v) is 5.82. The summed E-state index contributed by atoms with van der Waals surface area (Å²) < 4.78 is 16.7. The van der Waals surface area contributed by atoms with E-state index < -0.39 is 0 Å². The van der Waals surface area contributed by atoms with Gasteiger partial charge in [0.05, 0.1) is 12.7 Å². The van der Waals surface area contributed by atoms with E-state index in [1.54, 1.807) is 19.2 Å². The third-order valence-electron chi connectivity index (χ3n) is 5.82. The van der Waals surface area contributed by atoms with Crippen molar-refractivity contribution < 1.29 is 19.0 Å². The molecule has 0 spiro atoms. The fourth-order valence-electron chi connectivity index (χ4n) is 4.05. The average molecular weight is 417 g/mol. The number of carbonyl (C=O) groups is 1. The molecule has 4 nitrogen and oxygen atoms in total. The summed E-state index contributed by atoms with van der Waals surface area (Å²) in [6, 6.07) is 22.8. The van der Waals surface area contributed by atoms with Crippen LogP contribution >= 0.6 is 0 Å². The molecular formula is C27H28O4.